The molecule has 5 nitrogen and oxygen atoms in total. The molecular weight excluding hydrogens is 328 g/mol. The largest absolute Gasteiger partial charge is 0.487 e. The van der Waals surface area contributed by atoms with Gasteiger partial charge in [0.15, 0.2) is 0 Å². The van der Waals surface area contributed by atoms with Gasteiger partial charge in [-0.15, -0.1) is 0 Å². The minimum atomic E-state index is -0.0968. The van der Waals surface area contributed by atoms with Crippen LogP contribution in [0.4, 0.5) is 5.69 Å². The number of rotatable bonds is 6. The van der Waals surface area contributed by atoms with E-state index in [1.807, 2.05) is 24.3 Å². The first-order valence-electron chi connectivity index (χ1n) is 8.87. The van der Waals surface area contributed by atoms with Crippen molar-refractivity contribution in [2.75, 3.05) is 32.1 Å². The third-order valence-corrected chi connectivity index (χ3v) is 4.76. The molecule has 0 unspecified atom stereocenters. The van der Waals surface area contributed by atoms with Crippen molar-refractivity contribution in [3.8, 4) is 0 Å². The molecule has 2 aromatic rings. The molecule has 0 aromatic heterocycles. The number of anilines is 1. The normalized spacial score (nSPS) is 17.7. The van der Waals surface area contributed by atoms with E-state index < -0.39 is 0 Å². The van der Waals surface area contributed by atoms with Crippen molar-refractivity contribution >= 4 is 22.9 Å². The number of methoxy groups -OCH3 is 1. The summed E-state index contributed by atoms with van der Waals surface area (Å²) in [6.45, 7) is 3.00. The molecule has 0 saturated heterocycles. The van der Waals surface area contributed by atoms with E-state index in [-0.39, 0.29) is 5.91 Å². The monoisotopic (exact) mass is 350 g/mol. The number of benzene rings is 2. The molecule has 2 heterocycles. The van der Waals surface area contributed by atoms with Crippen LogP contribution in [0.15, 0.2) is 42.5 Å². The van der Waals surface area contributed by atoms with Crippen molar-refractivity contribution in [2.24, 2.45) is 0 Å². The van der Waals surface area contributed by atoms with Gasteiger partial charge in [-0.25, -0.2) is 0 Å². The Morgan fingerprint density at radius 1 is 1.15 bits per heavy atom. The van der Waals surface area contributed by atoms with Gasteiger partial charge in [0, 0.05) is 36.0 Å². The highest BCUT2D eigenvalue weighted by Gasteiger charge is 2.32. The van der Waals surface area contributed by atoms with Gasteiger partial charge < -0.3 is 20.1 Å². The van der Waals surface area contributed by atoms with Crippen molar-refractivity contribution in [1.29, 1.82) is 0 Å². The van der Waals surface area contributed by atoms with E-state index in [1.165, 1.54) is 5.56 Å². The maximum Gasteiger partial charge on any atom is 0.260 e. The van der Waals surface area contributed by atoms with Gasteiger partial charge >= 0.3 is 0 Å². The predicted molar refractivity (Wildman–Crippen MR) is 102 cm³/mol. The number of hydrogen-bond donors (Lipinski definition) is 2. The third kappa shape index (κ3) is 3.11. The van der Waals surface area contributed by atoms with Crippen LogP contribution in [0, 0.1) is 0 Å². The van der Waals surface area contributed by atoms with E-state index in [4.69, 9.17) is 9.47 Å². The number of hydrogen-bond acceptors (Lipinski definition) is 4. The van der Waals surface area contributed by atoms with E-state index in [0.717, 1.165) is 48.5 Å². The molecule has 26 heavy (non-hydrogen) atoms. The summed E-state index contributed by atoms with van der Waals surface area (Å²) >= 11 is 0. The van der Waals surface area contributed by atoms with Gasteiger partial charge in [0.2, 0.25) is 0 Å². The van der Waals surface area contributed by atoms with Gasteiger partial charge in [-0.05, 0) is 24.6 Å². The molecule has 5 heteroatoms. The first kappa shape index (κ1) is 16.8. The average molecular weight is 350 g/mol. The highest BCUT2D eigenvalue weighted by atomic mass is 16.5. The third-order valence-electron chi connectivity index (χ3n) is 4.76. The van der Waals surface area contributed by atoms with E-state index in [0.29, 0.717) is 17.9 Å². The molecule has 4 rings (SSSR count). The Labute approximate surface area is 153 Å². The van der Waals surface area contributed by atoms with Crippen LogP contribution in [0.3, 0.4) is 0 Å². The lowest BCUT2D eigenvalue weighted by Crippen LogP contribution is -2.21. The fourth-order valence-electron chi connectivity index (χ4n) is 3.45. The Morgan fingerprint density at radius 2 is 2.04 bits per heavy atom. The van der Waals surface area contributed by atoms with E-state index in [2.05, 4.69) is 28.8 Å². The molecule has 0 fully saturated rings. The highest BCUT2D eigenvalue weighted by molar-refractivity contribution is 6.36. The molecule has 2 aromatic carbocycles. The van der Waals surface area contributed by atoms with Crippen LogP contribution in [0.1, 0.15) is 22.3 Å². The summed E-state index contributed by atoms with van der Waals surface area (Å²) < 4.78 is 11.0. The van der Waals surface area contributed by atoms with Crippen LogP contribution in [0.25, 0.3) is 11.3 Å². The van der Waals surface area contributed by atoms with Gasteiger partial charge in [0.1, 0.15) is 12.4 Å². The summed E-state index contributed by atoms with van der Waals surface area (Å²) in [7, 11) is 1.71. The molecular formula is C21H22N2O3. The molecule has 0 bridgehead atoms. The van der Waals surface area contributed by atoms with E-state index in [1.54, 1.807) is 7.11 Å². The van der Waals surface area contributed by atoms with Crippen molar-refractivity contribution in [2.45, 2.75) is 13.0 Å². The van der Waals surface area contributed by atoms with Gasteiger partial charge in [-0.3, -0.25) is 4.79 Å². The van der Waals surface area contributed by atoms with Crippen LogP contribution < -0.4 is 10.6 Å². The number of ether oxygens (including phenoxy) is 2. The summed E-state index contributed by atoms with van der Waals surface area (Å²) in [5.41, 5.74) is 5.80. The fraction of sp³-hybridized carbons (Fsp3) is 0.286. The van der Waals surface area contributed by atoms with Gasteiger partial charge in [0.25, 0.3) is 5.91 Å². The van der Waals surface area contributed by atoms with Crippen LogP contribution in [-0.2, 0) is 27.3 Å². The zero-order valence-corrected chi connectivity index (χ0v) is 14.8. The summed E-state index contributed by atoms with van der Waals surface area (Å²) in [5.74, 6) is 0.590. The highest BCUT2D eigenvalue weighted by Crippen LogP contribution is 2.41. The second-order valence-electron chi connectivity index (χ2n) is 6.48. The molecule has 0 atom stereocenters. The Hall–Kier alpha value is -2.63. The maximum absolute atomic E-state index is 12.5. The molecule has 0 saturated carbocycles. The van der Waals surface area contributed by atoms with Crippen molar-refractivity contribution < 1.29 is 14.3 Å². The number of carbonyl (C=O) groups is 1. The minimum Gasteiger partial charge on any atom is -0.487 e. The Bertz CT molecular complexity index is 873. The Kier molecular flexibility index (Phi) is 4.73. The topological polar surface area (TPSA) is 59.6 Å². The minimum absolute atomic E-state index is 0.0968. The molecule has 2 aliphatic heterocycles. The van der Waals surface area contributed by atoms with Crippen molar-refractivity contribution in [3.63, 3.8) is 0 Å². The molecule has 0 spiro atoms. The van der Waals surface area contributed by atoms with Crippen molar-refractivity contribution in [1.82, 2.24) is 5.32 Å². The smallest absolute Gasteiger partial charge is 0.260 e. The standard InChI is InChI=1S/C21H22N2O3/c1-25-11-10-22-9-8-14-6-7-16-15(12-14)13-26-20(16)19-17-4-2-3-5-18(17)23-21(19)24/h2-7,12,22H,8-11,13H2,1H3,(H,23,24)/b20-19+. The summed E-state index contributed by atoms with van der Waals surface area (Å²) in [6.07, 6.45) is 0.951. The quantitative estimate of drug-likeness (QED) is 0.621. The fourth-order valence-corrected chi connectivity index (χ4v) is 3.45. The lowest BCUT2D eigenvalue weighted by atomic mass is 9.98. The van der Waals surface area contributed by atoms with Crippen LogP contribution >= 0.6 is 0 Å². The number of para-hydroxylation sites is 1. The zero-order valence-electron chi connectivity index (χ0n) is 14.8. The van der Waals surface area contributed by atoms with Gasteiger partial charge in [0.05, 0.1) is 12.2 Å². The average Bonchev–Trinajstić information content (AvgIpc) is 3.20. The predicted octanol–water partition coefficient (Wildman–Crippen LogP) is 2.82. The van der Waals surface area contributed by atoms with Gasteiger partial charge in [-0.2, -0.15) is 0 Å². The molecule has 0 radical (unpaired) electrons. The number of carbonyl (C=O) groups excluding carboxylic acids is 1. The first-order chi connectivity index (χ1) is 12.8. The SMILES string of the molecule is COCCNCCc1ccc2c(c1)CO/C2=C1/C(=O)Nc2ccccc21. The Balaban J connectivity index is 1.56. The van der Waals surface area contributed by atoms with E-state index in [9.17, 15) is 4.79 Å². The maximum atomic E-state index is 12.5. The molecule has 134 valence electrons. The summed E-state index contributed by atoms with van der Waals surface area (Å²) in [6, 6.07) is 14.1. The van der Waals surface area contributed by atoms with Crippen molar-refractivity contribution in [3.05, 3.63) is 64.7 Å². The van der Waals surface area contributed by atoms with Crippen LogP contribution in [0.5, 0.6) is 0 Å². The second kappa shape index (κ2) is 7.32. The van der Waals surface area contributed by atoms with Crippen LogP contribution in [-0.4, -0.2) is 32.7 Å². The summed E-state index contributed by atoms with van der Waals surface area (Å²) in [5, 5.41) is 6.27. The lowest BCUT2D eigenvalue weighted by molar-refractivity contribution is -0.110. The van der Waals surface area contributed by atoms with Crippen LogP contribution in [0.2, 0.25) is 0 Å². The molecule has 2 N–H and O–H groups in total. The number of fused-ring (bicyclic) bond motifs is 2. The lowest BCUT2D eigenvalue weighted by Gasteiger charge is -2.07. The second-order valence-corrected chi connectivity index (χ2v) is 6.48. The molecule has 0 aliphatic carbocycles. The molecule has 2 aliphatic rings. The first-order valence-corrected chi connectivity index (χ1v) is 8.87. The van der Waals surface area contributed by atoms with Gasteiger partial charge in [-0.1, -0.05) is 36.4 Å². The zero-order chi connectivity index (χ0) is 17.9. The number of nitrogens with one attached hydrogen (secondary N) is 2. The summed E-state index contributed by atoms with van der Waals surface area (Å²) in [4.78, 5) is 12.5. The van der Waals surface area contributed by atoms with E-state index >= 15 is 0 Å². The molecule has 1 amide bonds. The Morgan fingerprint density at radius 3 is 2.92 bits per heavy atom. The number of amides is 1.